The van der Waals surface area contributed by atoms with E-state index in [1.54, 1.807) is 23.7 Å². The van der Waals surface area contributed by atoms with Crippen molar-refractivity contribution in [3.63, 3.8) is 0 Å². The minimum Gasteiger partial charge on any atom is -0.474 e. The molecule has 2 N–H and O–H groups in total. The zero-order valence-corrected chi connectivity index (χ0v) is 33.6. The fourth-order valence-corrected chi connectivity index (χ4v) is 10.6. The Labute approximate surface area is 346 Å². The van der Waals surface area contributed by atoms with Crippen molar-refractivity contribution < 1.29 is 19.1 Å². The molecule has 0 aromatic carbocycles. The molecule has 5 fully saturated rings. The van der Waals surface area contributed by atoms with Crippen LogP contribution >= 0.6 is 11.3 Å². The number of carbonyl (C=O) groups excluding carboxylic acids is 2. The van der Waals surface area contributed by atoms with Crippen molar-refractivity contribution in [1.29, 1.82) is 5.26 Å². The van der Waals surface area contributed by atoms with E-state index in [1.165, 1.54) is 12.8 Å². The molecule has 10 rings (SSSR count). The average Bonchev–Trinajstić information content (AvgIpc) is 3.98. The number of aromatic nitrogens is 6. The van der Waals surface area contributed by atoms with Gasteiger partial charge in [0.25, 0.3) is 0 Å². The summed E-state index contributed by atoms with van der Waals surface area (Å²) in [4.78, 5) is 38.5. The second-order valence-electron chi connectivity index (χ2n) is 16.6. The van der Waals surface area contributed by atoms with Gasteiger partial charge in [-0.2, -0.15) is 10.4 Å². The highest BCUT2D eigenvalue weighted by atomic mass is 32.1. The summed E-state index contributed by atoms with van der Waals surface area (Å²) >= 11 is 1.64. The minimum absolute atomic E-state index is 0.142. The van der Waals surface area contributed by atoms with Crippen LogP contribution in [0.3, 0.4) is 0 Å². The molecule has 0 spiro atoms. The van der Waals surface area contributed by atoms with Gasteiger partial charge >= 0.3 is 0 Å². The molecule has 4 aliphatic heterocycles. The fraction of sp³-hybridized carbons (Fsp3) is 0.488. The molecule has 5 aromatic rings. The number of piperazine rings is 1. The van der Waals surface area contributed by atoms with Crippen molar-refractivity contribution in [2.75, 3.05) is 43.1 Å². The first kappa shape index (κ1) is 37.7. The first-order chi connectivity index (χ1) is 28.9. The molecule has 5 aliphatic rings. The van der Waals surface area contributed by atoms with E-state index >= 15 is 0 Å². The number of nitrogens with zero attached hydrogens (tertiary/aromatic N) is 9. The summed E-state index contributed by atoms with van der Waals surface area (Å²) in [5.74, 6) is 0.446. The number of fused-ring (bicyclic) bond motifs is 3. The van der Waals surface area contributed by atoms with Gasteiger partial charge in [0.05, 0.1) is 40.1 Å². The van der Waals surface area contributed by atoms with E-state index in [2.05, 4.69) is 42.7 Å². The number of nitrogens with one attached hydrogen (secondary N) is 2. The average molecular weight is 814 g/mol. The Balaban J connectivity index is 0.770. The maximum Gasteiger partial charge on any atom is 0.234 e. The molecule has 304 valence electrons. The normalized spacial score (nSPS) is 25.2. The van der Waals surface area contributed by atoms with Crippen molar-refractivity contribution in [1.82, 2.24) is 40.0 Å². The number of imide groups is 1. The smallest absolute Gasteiger partial charge is 0.234 e. The topological polar surface area (TPSA) is 176 Å². The highest BCUT2D eigenvalue weighted by molar-refractivity contribution is 7.18. The molecule has 2 unspecified atom stereocenters. The molecule has 2 amide bonds. The molecular formula is C43H47N11O4S. The van der Waals surface area contributed by atoms with Crippen LogP contribution < -0.4 is 20.3 Å². The molecule has 1 aliphatic carbocycles. The Kier molecular flexibility index (Phi) is 10.4. The van der Waals surface area contributed by atoms with E-state index in [1.807, 2.05) is 41.0 Å². The van der Waals surface area contributed by atoms with Gasteiger partial charge in [0.1, 0.15) is 12.2 Å². The molecule has 1 saturated carbocycles. The molecule has 3 atom stereocenters. The maximum absolute atomic E-state index is 12.3. The Morgan fingerprint density at radius 1 is 0.915 bits per heavy atom. The molecular weight excluding hydrogens is 767 g/mol. The largest absolute Gasteiger partial charge is 0.474 e. The number of hydrogen-bond donors (Lipinski definition) is 2. The van der Waals surface area contributed by atoms with Gasteiger partial charge in [-0.25, -0.2) is 9.50 Å². The van der Waals surface area contributed by atoms with Gasteiger partial charge in [0.15, 0.2) is 5.01 Å². The van der Waals surface area contributed by atoms with Crippen molar-refractivity contribution in [2.45, 2.75) is 94.4 Å². The molecule has 15 nitrogen and oxygen atoms in total. The molecule has 0 radical (unpaired) electrons. The van der Waals surface area contributed by atoms with E-state index < -0.39 is 0 Å². The third-order valence-electron chi connectivity index (χ3n) is 12.9. The Morgan fingerprint density at radius 3 is 2.51 bits per heavy atom. The van der Waals surface area contributed by atoms with Crippen molar-refractivity contribution in [2.24, 2.45) is 5.92 Å². The second-order valence-corrected chi connectivity index (χ2v) is 17.6. The Hall–Kier alpha value is -5.50. The third-order valence-corrected chi connectivity index (χ3v) is 13.9. The molecule has 5 aromatic heterocycles. The van der Waals surface area contributed by atoms with Crippen LogP contribution in [0, 0.1) is 17.2 Å². The highest BCUT2D eigenvalue weighted by Crippen LogP contribution is 2.40. The van der Waals surface area contributed by atoms with Crippen LogP contribution in [0.4, 0.5) is 10.8 Å². The lowest BCUT2D eigenvalue weighted by Crippen LogP contribution is -2.55. The third kappa shape index (κ3) is 7.86. The number of anilines is 2. The van der Waals surface area contributed by atoms with Crippen molar-refractivity contribution in [3.05, 3.63) is 66.1 Å². The summed E-state index contributed by atoms with van der Waals surface area (Å²) in [7, 11) is 0. The van der Waals surface area contributed by atoms with Gasteiger partial charge < -0.3 is 19.7 Å². The Morgan fingerprint density at radius 2 is 1.75 bits per heavy atom. The predicted molar refractivity (Wildman–Crippen MR) is 221 cm³/mol. The predicted octanol–water partition coefficient (Wildman–Crippen LogP) is 5.58. The fourth-order valence-electron chi connectivity index (χ4n) is 9.68. The van der Waals surface area contributed by atoms with Gasteiger partial charge in [-0.15, -0.1) is 10.2 Å². The highest BCUT2D eigenvalue weighted by Gasteiger charge is 2.42. The van der Waals surface area contributed by atoms with Gasteiger partial charge in [0.2, 0.25) is 22.8 Å². The number of piperidine rings is 1. The van der Waals surface area contributed by atoms with E-state index in [0.29, 0.717) is 42.3 Å². The first-order valence-corrected chi connectivity index (χ1v) is 21.8. The number of amides is 2. The van der Waals surface area contributed by atoms with Crippen molar-refractivity contribution in [3.8, 4) is 33.9 Å². The van der Waals surface area contributed by atoms with E-state index in [4.69, 9.17) is 24.7 Å². The van der Waals surface area contributed by atoms with Crippen LogP contribution in [0.2, 0.25) is 0 Å². The number of ether oxygens (including phenoxy) is 2. The van der Waals surface area contributed by atoms with Gasteiger partial charge in [0, 0.05) is 81.5 Å². The van der Waals surface area contributed by atoms with Crippen molar-refractivity contribution >= 4 is 39.5 Å². The Bertz CT molecular complexity index is 2370. The maximum atomic E-state index is 12.3. The number of hydrogen-bond acceptors (Lipinski definition) is 14. The number of nitriles is 1. The van der Waals surface area contributed by atoms with Crippen LogP contribution in [0.15, 0.2) is 55.0 Å². The molecule has 4 saturated heterocycles. The summed E-state index contributed by atoms with van der Waals surface area (Å²) < 4.78 is 13.8. The zero-order chi connectivity index (χ0) is 39.9. The van der Waals surface area contributed by atoms with Crippen LogP contribution in [0.5, 0.6) is 5.88 Å². The number of rotatable bonds is 10. The monoisotopic (exact) mass is 813 g/mol. The molecule has 2 bridgehead atoms. The van der Waals surface area contributed by atoms with Gasteiger partial charge in [-0.3, -0.25) is 24.8 Å². The summed E-state index contributed by atoms with van der Waals surface area (Å²) in [6.07, 6.45) is 14.8. The number of carbonyl (C=O) groups is 2. The van der Waals surface area contributed by atoms with E-state index in [-0.39, 0.29) is 29.9 Å². The summed E-state index contributed by atoms with van der Waals surface area (Å²) in [5, 5.41) is 31.4. The van der Waals surface area contributed by atoms with Gasteiger partial charge in [-0.05, 0) is 93.5 Å². The van der Waals surface area contributed by atoms with Crippen LogP contribution in [-0.4, -0.2) is 104 Å². The summed E-state index contributed by atoms with van der Waals surface area (Å²) in [6.45, 7) is 4.50. The first-order valence-electron chi connectivity index (χ1n) is 21.0. The minimum atomic E-state index is -0.338. The van der Waals surface area contributed by atoms with Crippen LogP contribution in [0.1, 0.15) is 81.3 Å². The quantitative estimate of drug-likeness (QED) is 0.167. The van der Waals surface area contributed by atoms with E-state index in [0.717, 1.165) is 115 Å². The SMILES string of the molecule is N#Cc1cnn2c(-c3cc(NC4CCOCC4)c(-c4nnc(N5CC6CCC(C5)N6CC5CCC(Oc6ccc([C@@H]7CCC(=O)NC7=O)cn6)CC5)s4)cn3)ccc2c1. The lowest BCUT2D eigenvalue weighted by atomic mass is 9.86. The lowest BCUT2D eigenvalue weighted by molar-refractivity contribution is -0.134. The molecule has 9 heterocycles. The van der Waals surface area contributed by atoms with E-state index in [9.17, 15) is 14.9 Å². The molecule has 16 heteroatoms. The second kappa shape index (κ2) is 16.3. The molecule has 59 heavy (non-hydrogen) atoms. The van der Waals surface area contributed by atoms with Gasteiger partial charge in [-0.1, -0.05) is 17.4 Å². The number of pyridine rings is 2. The standard InChI is InChI=1S/C43H47N11O4S/c44-19-27-17-30-6-10-38(54(30)47-20-27)37-18-36(48-29-13-15-57-16-14-29)35(22-45-37)42-50-51-43(59-42)52-24-31-4-5-32(25-52)53(31)23-26-1-7-33(8-2-26)58-40-12-3-28(21-46-40)34-9-11-39(55)49-41(34)56/h3,6,10,12,17-18,20-22,26,29,31-34H,1-2,4-5,7-9,11,13-16,23-25H2,(H,45,48)(H,49,55,56)/t26?,31?,32?,33?,34-/m0/s1. The lowest BCUT2D eigenvalue weighted by Gasteiger charge is -2.43. The summed E-state index contributed by atoms with van der Waals surface area (Å²) in [6, 6.07) is 15.1. The zero-order valence-electron chi connectivity index (χ0n) is 32.8. The van der Waals surface area contributed by atoms with Crippen LogP contribution in [-0.2, 0) is 14.3 Å². The summed E-state index contributed by atoms with van der Waals surface area (Å²) in [5.41, 5.74) is 5.73. The van der Waals surface area contributed by atoms with Crippen LogP contribution in [0.25, 0.3) is 27.5 Å².